The molecule has 0 aromatic heterocycles. The molecule has 19 heavy (non-hydrogen) atoms. The molecule has 1 rings (SSSR count). The SMILES string of the molecule is CCCCSCC(NCC)c1c(C)cc(C)cc1C. The van der Waals surface area contributed by atoms with Gasteiger partial charge in [-0.25, -0.2) is 0 Å². The normalized spacial score (nSPS) is 12.7. The Balaban J connectivity index is 2.80. The van der Waals surface area contributed by atoms with Gasteiger partial charge in [0.15, 0.2) is 0 Å². The molecule has 1 aromatic carbocycles. The van der Waals surface area contributed by atoms with E-state index in [-0.39, 0.29) is 0 Å². The minimum atomic E-state index is 0.493. The second kappa shape index (κ2) is 8.65. The molecule has 0 fully saturated rings. The van der Waals surface area contributed by atoms with Crippen molar-refractivity contribution in [1.29, 1.82) is 0 Å². The summed E-state index contributed by atoms with van der Waals surface area (Å²) in [6.45, 7) is 12.2. The van der Waals surface area contributed by atoms with E-state index < -0.39 is 0 Å². The van der Waals surface area contributed by atoms with E-state index in [1.807, 2.05) is 0 Å². The summed E-state index contributed by atoms with van der Waals surface area (Å²) in [6, 6.07) is 5.11. The molecule has 1 atom stereocenters. The van der Waals surface area contributed by atoms with E-state index >= 15 is 0 Å². The first-order valence-electron chi connectivity index (χ1n) is 7.49. The Morgan fingerprint density at radius 2 is 1.74 bits per heavy atom. The van der Waals surface area contributed by atoms with Crippen LogP contribution >= 0.6 is 11.8 Å². The van der Waals surface area contributed by atoms with Crippen molar-refractivity contribution in [2.75, 3.05) is 18.1 Å². The fraction of sp³-hybridized carbons (Fsp3) is 0.647. The van der Waals surface area contributed by atoms with Crippen LogP contribution in [0.15, 0.2) is 12.1 Å². The van der Waals surface area contributed by atoms with Crippen molar-refractivity contribution in [1.82, 2.24) is 5.32 Å². The third-order valence-electron chi connectivity index (χ3n) is 3.46. The Labute approximate surface area is 123 Å². The molecule has 0 radical (unpaired) electrons. The third kappa shape index (κ3) is 5.19. The predicted molar refractivity (Wildman–Crippen MR) is 89.3 cm³/mol. The van der Waals surface area contributed by atoms with Crippen LogP contribution in [0.1, 0.15) is 55.0 Å². The number of nitrogens with one attached hydrogen (secondary N) is 1. The average Bonchev–Trinajstić information content (AvgIpc) is 2.33. The van der Waals surface area contributed by atoms with E-state index in [2.05, 4.69) is 63.8 Å². The van der Waals surface area contributed by atoms with Crippen LogP contribution < -0.4 is 5.32 Å². The smallest absolute Gasteiger partial charge is 0.0417 e. The number of rotatable bonds is 8. The van der Waals surface area contributed by atoms with Crippen LogP contribution in [-0.2, 0) is 0 Å². The second-order valence-electron chi connectivity index (χ2n) is 5.35. The van der Waals surface area contributed by atoms with Gasteiger partial charge in [0.2, 0.25) is 0 Å². The van der Waals surface area contributed by atoms with E-state index in [0.717, 1.165) is 6.54 Å². The molecular formula is C17H29NS. The van der Waals surface area contributed by atoms with Gasteiger partial charge in [0.25, 0.3) is 0 Å². The molecule has 0 saturated heterocycles. The van der Waals surface area contributed by atoms with Gasteiger partial charge in [-0.3, -0.25) is 0 Å². The number of hydrogen-bond acceptors (Lipinski definition) is 2. The lowest BCUT2D eigenvalue weighted by molar-refractivity contribution is 0.600. The maximum absolute atomic E-state index is 3.66. The number of thioether (sulfide) groups is 1. The van der Waals surface area contributed by atoms with Crippen LogP contribution in [0.25, 0.3) is 0 Å². The van der Waals surface area contributed by atoms with E-state index in [1.54, 1.807) is 0 Å². The van der Waals surface area contributed by atoms with Gasteiger partial charge in [0, 0.05) is 11.8 Å². The van der Waals surface area contributed by atoms with Crippen molar-refractivity contribution in [3.63, 3.8) is 0 Å². The van der Waals surface area contributed by atoms with E-state index in [0.29, 0.717) is 6.04 Å². The summed E-state index contributed by atoms with van der Waals surface area (Å²) in [4.78, 5) is 0. The maximum atomic E-state index is 3.66. The molecule has 0 heterocycles. The molecule has 1 N–H and O–H groups in total. The Kier molecular flexibility index (Phi) is 7.55. The maximum Gasteiger partial charge on any atom is 0.0417 e. The fourth-order valence-electron chi connectivity index (χ4n) is 2.68. The Morgan fingerprint density at radius 1 is 1.11 bits per heavy atom. The van der Waals surface area contributed by atoms with Crippen molar-refractivity contribution >= 4 is 11.8 Å². The summed E-state index contributed by atoms with van der Waals surface area (Å²) >= 11 is 2.08. The van der Waals surface area contributed by atoms with Gasteiger partial charge in [-0.2, -0.15) is 11.8 Å². The summed E-state index contributed by atoms with van der Waals surface area (Å²) in [6.07, 6.45) is 2.62. The van der Waals surface area contributed by atoms with Crippen LogP contribution in [-0.4, -0.2) is 18.1 Å². The Bertz CT molecular complexity index is 364. The second-order valence-corrected chi connectivity index (χ2v) is 6.50. The average molecular weight is 279 g/mol. The molecule has 0 saturated carbocycles. The van der Waals surface area contributed by atoms with Gasteiger partial charge in [0.05, 0.1) is 0 Å². The highest BCUT2D eigenvalue weighted by atomic mass is 32.2. The number of benzene rings is 1. The zero-order valence-corrected chi connectivity index (χ0v) is 14.0. The number of hydrogen-bond donors (Lipinski definition) is 1. The number of unbranched alkanes of at least 4 members (excludes halogenated alkanes) is 1. The topological polar surface area (TPSA) is 12.0 Å². The van der Waals surface area contributed by atoms with Crippen molar-refractivity contribution in [2.45, 2.75) is 53.5 Å². The minimum absolute atomic E-state index is 0.493. The summed E-state index contributed by atoms with van der Waals surface area (Å²) in [5.74, 6) is 2.46. The lowest BCUT2D eigenvalue weighted by Gasteiger charge is -2.23. The van der Waals surface area contributed by atoms with Gasteiger partial charge < -0.3 is 5.32 Å². The quantitative estimate of drug-likeness (QED) is 0.686. The van der Waals surface area contributed by atoms with Crippen LogP contribution in [0.5, 0.6) is 0 Å². The first kappa shape index (κ1) is 16.6. The molecule has 0 aliphatic rings. The summed E-state index contributed by atoms with van der Waals surface area (Å²) in [5, 5.41) is 3.66. The zero-order valence-electron chi connectivity index (χ0n) is 13.2. The van der Waals surface area contributed by atoms with Crippen LogP contribution in [0.4, 0.5) is 0 Å². The molecule has 2 heteroatoms. The molecular weight excluding hydrogens is 250 g/mol. The van der Waals surface area contributed by atoms with Crippen molar-refractivity contribution in [2.24, 2.45) is 0 Å². The minimum Gasteiger partial charge on any atom is -0.309 e. The van der Waals surface area contributed by atoms with E-state index in [4.69, 9.17) is 0 Å². The molecule has 1 unspecified atom stereocenters. The summed E-state index contributed by atoms with van der Waals surface area (Å²) < 4.78 is 0. The molecule has 0 aliphatic heterocycles. The van der Waals surface area contributed by atoms with E-state index in [1.165, 1.54) is 46.6 Å². The highest BCUT2D eigenvalue weighted by Gasteiger charge is 2.15. The highest BCUT2D eigenvalue weighted by Crippen LogP contribution is 2.26. The van der Waals surface area contributed by atoms with Crippen molar-refractivity contribution in [3.05, 3.63) is 34.4 Å². The monoisotopic (exact) mass is 279 g/mol. The summed E-state index contributed by atoms with van der Waals surface area (Å²) in [5.41, 5.74) is 5.74. The molecule has 0 aliphatic carbocycles. The largest absolute Gasteiger partial charge is 0.309 e. The predicted octanol–water partition coefficient (Wildman–Crippen LogP) is 4.80. The zero-order chi connectivity index (χ0) is 14.3. The van der Waals surface area contributed by atoms with Gasteiger partial charge in [-0.1, -0.05) is 38.0 Å². The van der Waals surface area contributed by atoms with Crippen molar-refractivity contribution < 1.29 is 0 Å². The molecule has 0 amide bonds. The lowest BCUT2D eigenvalue weighted by atomic mass is 9.95. The lowest BCUT2D eigenvalue weighted by Crippen LogP contribution is -2.25. The third-order valence-corrected chi connectivity index (χ3v) is 4.61. The first-order valence-corrected chi connectivity index (χ1v) is 8.64. The van der Waals surface area contributed by atoms with Gasteiger partial charge in [0.1, 0.15) is 0 Å². The standard InChI is InChI=1S/C17H29NS/c1-6-8-9-19-12-16(18-7-2)17-14(4)10-13(3)11-15(17)5/h10-11,16,18H,6-9,12H2,1-5H3. The van der Waals surface area contributed by atoms with Crippen LogP contribution in [0.2, 0.25) is 0 Å². The highest BCUT2D eigenvalue weighted by molar-refractivity contribution is 7.99. The van der Waals surface area contributed by atoms with Crippen molar-refractivity contribution in [3.8, 4) is 0 Å². The van der Waals surface area contributed by atoms with Crippen LogP contribution in [0, 0.1) is 20.8 Å². The van der Waals surface area contributed by atoms with Gasteiger partial charge >= 0.3 is 0 Å². The van der Waals surface area contributed by atoms with Gasteiger partial charge in [-0.05, 0) is 56.2 Å². The molecule has 0 bridgehead atoms. The Morgan fingerprint density at radius 3 is 2.26 bits per heavy atom. The fourth-order valence-corrected chi connectivity index (χ4v) is 3.86. The molecule has 1 aromatic rings. The molecule has 108 valence electrons. The Hall–Kier alpha value is -0.470. The molecule has 0 spiro atoms. The molecule has 1 nitrogen and oxygen atoms in total. The number of aryl methyl sites for hydroxylation is 3. The van der Waals surface area contributed by atoms with Crippen LogP contribution in [0.3, 0.4) is 0 Å². The summed E-state index contributed by atoms with van der Waals surface area (Å²) in [7, 11) is 0. The first-order chi connectivity index (χ1) is 9.10. The van der Waals surface area contributed by atoms with Gasteiger partial charge in [-0.15, -0.1) is 0 Å². The van der Waals surface area contributed by atoms with E-state index in [9.17, 15) is 0 Å².